The van der Waals surface area contributed by atoms with Gasteiger partial charge in [0, 0.05) is 20.3 Å². The molecule has 5 aromatic rings. The normalized spacial score (nSPS) is 11.3. The first-order valence-corrected chi connectivity index (χ1v) is 10.9. The van der Waals surface area contributed by atoms with Crippen LogP contribution in [0.1, 0.15) is 16.7 Å². The molecule has 0 spiro atoms. The Morgan fingerprint density at radius 3 is 1.70 bits per heavy atom. The summed E-state index contributed by atoms with van der Waals surface area (Å²) in [4.78, 5) is 6.78. The smallest absolute Gasteiger partial charge is 0.121 e. The molecule has 0 aliphatic carbocycles. The second-order valence-corrected chi connectivity index (χ2v) is 8.17. The van der Waals surface area contributed by atoms with Gasteiger partial charge in [-0.25, -0.2) is 4.98 Å². The van der Waals surface area contributed by atoms with Crippen LogP contribution in [0.5, 0.6) is 0 Å². The topological polar surface area (TPSA) is 46.8 Å². The SMILES string of the molecule is CN(C)c1cnnc(-c2cn(C(c3ccccc3)(c3ccccc3)c3ccccc3)cn2)c1. The Kier molecular flexibility index (Phi) is 5.45. The highest BCUT2D eigenvalue weighted by atomic mass is 15.2. The summed E-state index contributed by atoms with van der Waals surface area (Å²) in [6, 6.07) is 33.7. The lowest BCUT2D eigenvalue weighted by Crippen LogP contribution is -2.36. The molecule has 5 rings (SSSR count). The summed E-state index contributed by atoms with van der Waals surface area (Å²) < 4.78 is 2.19. The predicted molar refractivity (Wildman–Crippen MR) is 132 cm³/mol. The second kappa shape index (κ2) is 8.71. The van der Waals surface area contributed by atoms with E-state index in [1.807, 2.05) is 49.6 Å². The zero-order valence-corrected chi connectivity index (χ0v) is 18.7. The van der Waals surface area contributed by atoms with Crippen molar-refractivity contribution in [3.05, 3.63) is 132 Å². The number of nitrogens with zero attached hydrogens (tertiary/aromatic N) is 5. The number of rotatable bonds is 6. The molecule has 0 fully saturated rings. The van der Waals surface area contributed by atoms with Crippen LogP contribution in [0.4, 0.5) is 5.69 Å². The summed E-state index contributed by atoms with van der Waals surface area (Å²) in [6.45, 7) is 0. The van der Waals surface area contributed by atoms with Gasteiger partial charge in [0.15, 0.2) is 0 Å². The van der Waals surface area contributed by atoms with Crippen molar-refractivity contribution < 1.29 is 0 Å². The summed E-state index contributed by atoms with van der Waals surface area (Å²) >= 11 is 0. The fourth-order valence-electron chi connectivity index (χ4n) is 4.35. The van der Waals surface area contributed by atoms with Crippen LogP contribution in [-0.4, -0.2) is 33.8 Å². The summed E-state index contributed by atoms with van der Waals surface area (Å²) in [7, 11) is 3.98. The molecule has 33 heavy (non-hydrogen) atoms. The molecule has 0 unspecified atom stereocenters. The number of anilines is 1. The molecule has 0 saturated carbocycles. The zero-order valence-electron chi connectivity index (χ0n) is 18.7. The number of benzene rings is 3. The van der Waals surface area contributed by atoms with Gasteiger partial charge in [0.05, 0.1) is 18.2 Å². The monoisotopic (exact) mass is 431 g/mol. The molecule has 162 valence electrons. The Morgan fingerprint density at radius 1 is 0.697 bits per heavy atom. The Bertz CT molecular complexity index is 1230. The van der Waals surface area contributed by atoms with Gasteiger partial charge in [0.2, 0.25) is 0 Å². The van der Waals surface area contributed by atoms with E-state index in [-0.39, 0.29) is 0 Å². The minimum absolute atomic E-state index is 0.596. The van der Waals surface area contributed by atoms with Crippen molar-refractivity contribution in [2.75, 3.05) is 19.0 Å². The maximum atomic E-state index is 4.77. The second-order valence-electron chi connectivity index (χ2n) is 8.17. The first-order valence-electron chi connectivity index (χ1n) is 10.9. The average molecular weight is 432 g/mol. The number of hydrogen-bond acceptors (Lipinski definition) is 4. The Hall–Kier alpha value is -4.25. The van der Waals surface area contributed by atoms with Crippen LogP contribution < -0.4 is 4.90 Å². The first-order chi connectivity index (χ1) is 16.2. The van der Waals surface area contributed by atoms with Gasteiger partial charge in [0.1, 0.15) is 16.9 Å². The van der Waals surface area contributed by atoms with Crippen molar-refractivity contribution in [1.82, 2.24) is 19.7 Å². The van der Waals surface area contributed by atoms with E-state index in [0.717, 1.165) is 33.8 Å². The molecule has 5 heteroatoms. The first kappa shape index (κ1) is 20.6. The highest BCUT2D eigenvalue weighted by Gasteiger charge is 2.38. The summed E-state index contributed by atoms with van der Waals surface area (Å²) in [6.07, 6.45) is 5.71. The van der Waals surface area contributed by atoms with Crippen LogP contribution in [0.3, 0.4) is 0 Å². The molecule has 0 aliphatic heterocycles. The van der Waals surface area contributed by atoms with Crippen LogP contribution in [0.2, 0.25) is 0 Å². The molecule has 0 aliphatic rings. The summed E-state index contributed by atoms with van der Waals surface area (Å²) in [5.74, 6) is 0. The number of aromatic nitrogens is 4. The van der Waals surface area contributed by atoms with Crippen molar-refractivity contribution in [2.24, 2.45) is 0 Å². The average Bonchev–Trinajstić information content (AvgIpc) is 3.37. The molecule has 0 N–H and O–H groups in total. The van der Waals surface area contributed by atoms with Gasteiger partial charge in [-0.15, -0.1) is 5.10 Å². The van der Waals surface area contributed by atoms with E-state index in [2.05, 4.69) is 93.8 Å². The van der Waals surface area contributed by atoms with E-state index >= 15 is 0 Å². The van der Waals surface area contributed by atoms with Crippen LogP contribution in [0, 0.1) is 0 Å². The van der Waals surface area contributed by atoms with E-state index < -0.39 is 5.54 Å². The van der Waals surface area contributed by atoms with Gasteiger partial charge in [0.25, 0.3) is 0 Å². The maximum absolute atomic E-state index is 4.77. The van der Waals surface area contributed by atoms with E-state index in [0.29, 0.717) is 0 Å². The number of imidazole rings is 1. The minimum Gasteiger partial charge on any atom is -0.376 e. The molecule has 5 nitrogen and oxygen atoms in total. The van der Waals surface area contributed by atoms with Crippen molar-refractivity contribution in [2.45, 2.75) is 5.54 Å². The Labute approximate surface area is 194 Å². The molecule has 0 radical (unpaired) electrons. The third-order valence-corrected chi connectivity index (χ3v) is 5.96. The molecule has 2 aromatic heterocycles. The molecule has 0 saturated heterocycles. The quantitative estimate of drug-likeness (QED) is 0.345. The molecule has 0 amide bonds. The lowest BCUT2D eigenvalue weighted by atomic mass is 9.77. The van der Waals surface area contributed by atoms with E-state index in [4.69, 9.17) is 4.98 Å². The summed E-state index contributed by atoms with van der Waals surface area (Å²) in [5, 5.41) is 8.54. The van der Waals surface area contributed by atoms with E-state index in [1.165, 1.54) is 0 Å². The Morgan fingerprint density at radius 2 is 1.21 bits per heavy atom. The van der Waals surface area contributed by atoms with Gasteiger partial charge >= 0.3 is 0 Å². The van der Waals surface area contributed by atoms with Gasteiger partial charge in [-0.1, -0.05) is 91.0 Å². The van der Waals surface area contributed by atoms with Crippen molar-refractivity contribution in [3.8, 4) is 11.4 Å². The Balaban J connectivity index is 1.77. The molecular formula is C28H25N5. The third-order valence-electron chi connectivity index (χ3n) is 5.96. The number of hydrogen-bond donors (Lipinski definition) is 0. The fraction of sp³-hybridized carbons (Fsp3) is 0.107. The molecule has 0 bridgehead atoms. The summed E-state index contributed by atoms with van der Waals surface area (Å²) in [5.41, 5.74) is 5.36. The van der Waals surface area contributed by atoms with Gasteiger partial charge < -0.3 is 9.47 Å². The van der Waals surface area contributed by atoms with Crippen LogP contribution in [0.15, 0.2) is 116 Å². The van der Waals surface area contributed by atoms with E-state index in [9.17, 15) is 0 Å². The highest BCUT2D eigenvalue weighted by molar-refractivity contribution is 5.60. The zero-order chi connectivity index (χ0) is 22.7. The largest absolute Gasteiger partial charge is 0.376 e. The van der Waals surface area contributed by atoms with Crippen molar-refractivity contribution >= 4 is 5.69 Å². The molecular weight excluding hydrogens is 406 g/mol. The third kappa shape index (κ3) is 3.68. The molecule has 3 aromatic carbocycles. The standard InChI is InChI=1S/C28H25N5/c1-32(2)25-18-26(31-30-19-25)27-20-33(21-29-27)28(22-12-6-3-7-13-22,23-14-8-4-9-15-23)24-16-10-5-11-17-24/h3-21H,1-2H3. The molecule has 2 heterocycles. The van der Waals surface area contributed by atoms with Crippen LogP contribution >= 0.6 is 0 Å². The highest BCUT2D eigenvalue weighted by Crippen LogP contribution is 2.41. The van der Waals surface area contributed by atoms with Gasteiger partial charge in [-0.2, -0.15) is 5.10 Å². The minimum atomic E-state index is -0.596. The van der Waals surface area contributed by atoms with E-state index in [1.54, 1.807) is 6.20 Å². The predicted octanol–water partition coefficient (Wildman–Crippen LogP) is 5.25. The lowest BCUT2D eigenvalue weighted by molar-refractivity contribution is 0.515. The van der Waals surface area contributed by atoms with Crippen LogP contribution in [-0.2, 0) is 5.54 Å². The van der Waals surface area contributed by atoms with Crippen molar-refractivity contribution in [3.63, 3.8) is 0 Å². The lowest BCUT2D eigenvalue weighted by Gasteiger charge is -2.37. The fourth-order valence-corrected chi connectivity index (χ4v) is 4.35. The maximum Gasteiger partial charge on any atom is 0.121 e. The van der Waals surface area contributed by atoms with Gasteiger partial charge in [-0.05, 0) is 22.8 Å². The molecule has 0 atom stereocenters. The van der Waals surface area contributed by atoms with Crippen LogP contribution in [0.25, 0.3) is 11.4 Å². The van der Waals surface area contributed by atoms with Gasteiger partial charge in [-0.3, -0.25) is 0 Å². The van der Waals surface area contributed by atoms with Crippen molar-refractivity contribution in [1.29, 1.82) is 0 Å².